The minimum atomic E-state index is 0.697. The Morgan fingerprint density at radius 2 is 1.94 bits per heavy atom. The number of benzene rings is 1. The van der Waals surface area contributed by atoms with Gasteiger partial charge in [0.25, 0.3) is 0 Å². The third kappa shape index (κ3) is 4.53. The predicted molar refractivity (Wildman–Crippen MR) is 69.1 cm³/mol. The molecule has 1 aromatic rings. The van der Waals surface area contributed by atoms with Crippen molar-refractivity contribution >= 4 is 5.69 Å². The SMILES string of the molecule is CCCOCCNc1ccc(OC)cc1OC. The van der Waals surface area contributed by atoms with Crippen molar-refractivity contribution in [3.8, 4) is 11.5 Å². The van der Waals surface area contributed by atoms with Crippen LogP contribution in [0.2, 0.25) is 0 Å². The fraction of sp³-hybridized carbons (Fsp3) is 0.538. The molecule has 4 heteroatoms. The van der Waals surface area contributed by atoms with Crippen LogP contribution in [0.25, 0.3) is 0 Å². The number of hydrogen-bond acceptors (Lipinski definition) is 4. The van der Waals surface area contributed by atoms with Crippen molar-refractivity contribution in [3.63, 3.8) is 0 Å². The normalized spacial score (nSPS) is 10.1. The predicted octanol–water partition coefficient (Wildman–Crippen LogP) is 2.54. The van der Waals surface area contributed by atoms with Crippen LogP contribution in [0.4, 0.5) is 5.69 Å². The minimum absolute atomic E-state index is 0.697. The summed E-state index contributed by atoms with van der Waals surface area (Å²) in [4.78, 5) is 0. The van der Waals surface area contributed by atoms with Gasteiger partial charge in [-0.25, -0.2) is 0 Å². The molecule has 17 heavy (non-hydrogen) atoms. The van der Waals surface area contributed by atoms with Crippen LogP contribution in [-0.4, -0.2) is 34.0 Å². The first kappa shape index (κ1) is 13.6. The van der Waals surface area contributed by atoms with E-state index in [0.717, 1.165) is 36.8 Å². The first-order chi connectivity index (χ1) is 8.31. The quantitative estimate of drug-likeness (QED) is 0.708. The van der Waals surface area contributed by atoms with Gasteiger partial charge in [-0.1, -0.05) is 6.92 Å². The van der Waals surface area contributed by atoms with Crippen molar-refractivity contribution in [1.29, 1.82) is 0 Å². The third-order valence-electron chi connectivity index (χ3n) is 2.32. The Morgan fingerprint density at radius 3 is 2.59 bits per heavy atom. The van der Waals surface area contributed by atoms with Crippen LogP contribution in [-0.2, 0) is 4.74 Å². The summed E-state index contributed by atoms with van der Waals surface area (Å²) in [6.45, 7) is 4.37. The van der Waals surface area contributed by atoms with Gasteiger partial charge in [-0.3, -0.25) is 0 Å². The molecule has 0 atom stereocenters. The van der Waals surface area contributed by atoms with Gasteiger partial charge in [-0.05, 0) is 18.6 Å². The smallest absolute Gasteiger partial charge is 0.145 e. The summed E-state index contributed by atoms with van der Waals surface area (Å²) < 4.78 is 15.8. The van der Waals surface area contributed by atoms with Gasteiger partial charge in [0.05, 0.1) is 26.5 Å². The number of hydrogen-bond donors (Lipinski definition) is 1. The summed E-state index contributed by atoms with van der Waals surface area (Å²) in [7, 11) is 3.29. The van der Waals surface area contributed by atoms with Crippen molar-refractivity contribution in [2.45, 2.75) is 13.3 Å². The molecule has 0 unspecified atom stereocenters. The van der Waals surface area contributed by atoms with Gasteiger partial charge in [0.15, 0.2) is 0 Å². The Labute approximate surface area is 103 Å². The summed E-state index contributed by atoms with van der Waals surface area (Å²) in [5.41, 5.74) is 0.952. The lowest BCUT2D eigenvalue weighted by atomic mass is 10.2. The van der Waals surface area contributed by atoms with Crippen LogP contribution in [0, 0.1) is 0 Å². The first-order valence-corrected chi connectivity index (χ1v) is 5.85. The highest BCUT2D eigenvalue weighted by molar-refractivity contribution is 5.59. The molecule has 1 rings (SSSR count). The molecule has 0 bridgehead atoms. The topological polar surface area (TPSA) is 39.7 Å². The zero-order chi connectivity index (χ0) is 12.5. The molecule has 0 spiro atoms. The van der Waals surface area contributed by atoms with E-state index in [4.69, 9.17) is 14.2 Å². The zero-order valence-electron chi connectivity index (χ0n) is 10.8. The fourth-order valence-electron chi connectivity index (χ4n) is 1.45. The second-order valence-electron chi connectivity index (χ2n) is 3.61. The summed E-state index contributed by atoms with van der Waals surface area (Å²) in [5, 5.41) is 3.27. The summed E-state index contributed by atoms with van der Waals surface area (Å²) in [6, 6.07) is 5.70. The van der Waals surface area contributed by atoms with E-state index in [2.05, 4.69) is 12.2 Å². The highest BCUT2D eigenvalue weighted by atomic mass is 16.5. The summed E-state index contributed by atoms with van der Waals surface area (Å²) in [5.74, 6) is 1.56. The molecule has 1 aromatic carbocycles. The molecule has 0 saturated carbocycles. The number of anilines is 1. The number of rotatable bonds is 8. The lowest BCUT2D eigenvalue weighted by Crippen LogP contribution is -2.10. The Balaban J connectivity index is 2.46. The van der Waals surface area contributed by atoms with Gasteiger partial charge in [-0.15, -0.1) is 0 Å². The first-order valence-electron chi connectivity index (χ1n) is 5.85. The van der Waals surface area contributed by atoms with Crippen LogP contribution in [0.3, 0.4) is 0 Å². The number of methoxy groups -OCH3 is 2. The lowest BCUT2D eigenvalue weighted by molar-refractivity contribution is 0.144. The van der Waals surface area contributed by atoms with E-state index in [-0.39, 0.29) is 0 Å². The standard InChI is InChI=1S/C13H21NO3/c1-4-8-17-9-7-14-12-6-5-11(15-2)10-13(12)16-3/h5-6,10,14H,4,7-9H2,1-3H3. The largest absolute Gasteiger partial charge is 0.497 e. The van der Waals surface area contributed by atoms with Gasteiger partial charge >= 0.3 is 0 Å². The van der Waals surface area contributed by atoms with E-state index in [0.29, 0.717) is 6.61 Å². The van der Waals surface area contributed by atoms with Crippen molar-refractivity contribution in [3.05, 3.63) is 18.2 Å². The van der Waals surface area contributed by atoms with E-state index in [1.807, 2.05) is 18.2 Å². The van der Waals surface area contributed by atoms with Crippen LogP contribution < -0.4 is 14.8 Å². The van der Waals surface area contributed by atoms with Gasteiger partial charge in [0.1, 0.15) is 11.5 Å². The Morgan fingerprint density at radius 1 is 1.12 bits per heavy atom. The van der Waals surface area contributed by atoms with Crippen LogP contribution >= 0.6 is 0 Å². The lowest BCUT2D eigenvalue weighted by Gasteiger charge is -2.12. The minimum Gasteiger partial charge on any atom is -0.497 e. The molecule has 0 saturated heterocycles. The molecule has 0 aliphatic carbocycles. The molecule has 0 heterocycles. The maximum Gasteiger partial charge on any atom is 0.145 e. The molecule has 4 nitrogen and oxygen atoms in total. The van der Waals surface area contributed by atoms with Crippen LogP contribution in [0.1, 0.15) is 13.3 Å². The Hall–Kier alpha value is -1.42. The van der Waals surface area contributed by atoms with E-state index in [1.165, 1.54) is 0 Å². The van der Waals surface area contributed by atoms with Gasteiger partial charge in [0, 0.05) is 19.2 Å². The van der Waals surface area contributed by atoms with Crippen molar-refractivity contribution < 1.29 is 14.2 Å². The van der Waals surface area contributed by atoms with E-state index in [1.54, 1.807) is 14.2 Å². The molecular weight excluding hydrogens is 218 g/mol. The third-order valence-corrected chi connectivity index (χ3v) is 2.32. The molecule has 0 radical (unpaired) electrons. The van der Waals surface area contributed by atoms with Crippen molar-refractivity contribution in [2.75, 3.05) is 39.3 Å². The van der Waals surface area contributed by atoms with Crippen molar-refractivity contribution in [1.82, 2.24) is 0 Å². The number of ether oxygens (including phenoxy) is 3. The van der Waals surface area contributed by atoms with E-state index < -0.39 is 0 Å². The molecule has 0 aliphatic rings. The highest BCUT2D eigenvalue weighted by Gasteiger charge is 2.03. The molecule has 0 aromatic heterocycles. The maximum absolute atomic E-state index is 5.39. The molecule has 0 fully saturated rings. The van der Waals surface area contributed by atoms with E-state index >= 15 is 0 Å². The summed E-state index contributed by atoms with van der Waals surface area (Å²) >= 11 is 0. The highest BCUT2D eigenvalue weighted by Crippen LogP contribution is 2.28. The van der Waals surface area contributed by atoms with E-state index in [9.17, 15) is 0 Å². The molecule has 0 aliphatic heterocycles. The maximum atomic E-state index is 5.39. The monoisotopic (exact) mass is 239 g/mol. The van der Waals surface area contributed by atoms with Gasteiger partial charge in [0.2, 0.25) is 0 Å². The molecular formula is C13H21NO3. The molecule has 1 N–H and O–H groups in total. The average molecular weight is 239 g/mol. The average Bonchev–Trinajstić information content (AvgIpc) is 2.38. The van der Waals surface area contributed by atoms with Gasteiger partial charge < -0.3 is 19.5 Å². The van der Waals surface area contributed by atoms with Crippen molar-refractivity contribution in [2.24, 2.45) is 0 Å². The molecule has 96 valence electrons. The second kappa shape index (κ2) is 7.79. The summed E-state index contributed by atoms with van der Waals surface area (Å²) in [6.07, 6.45) is 1.05. The fourth-order valence-corrected chi connectivity index (χ4v) is 1.45. The Bertz CT molecular complexity index is 328. The zero-order valence-corrected chi connectivity index (χ0v) is 10.8. The van der Waals surface area contributed by atoms with Crippen LogP contribution in [0.5, 0.6) is 11.5 Å². The number of nitrogens with one attached hydrogen (secondary N) is 1. The Kier molecular flexibility index (Phi) is 6.25. The second-order valence-corrected chi connectivity index (χ2v) is 3.61. The van der Waals surface area contributed by atoms with Gasteiger partial charge in [-0.2, -0.15) is 0 Å². The molecule has 0 amide bonds. The van der Waals surface area contributed by atoms with Crippen LogP contribution in [0.15, 0.2) is 18.2 Å².